The summed E-state index contributed by atoms with van der Waals surface area (Å²) in [5, 5.41) is 13.2. The van der Waals surface area contributed by atoms with Crippen LogP contribution < -0.4 is 5.32 Å². The second kappa shape index (κ2) is 6.52. The number of rotatable bonds is 5. The number of hydrogen-bond donors (Lipinski definition) is 2. The van der Waals surface area contributed by atoms with E-state index < -0.39 is 5.97 Å². The number of aliphatic carboxylic acids is 1. The summed E-state index contributed by atoms with van der Waals surface area (Å²) in [5.41, 5.74) is 0.605. The van der Waals surface area contributed by atoms with Gasteiger partial charge in [-0.2, -0.15) is 0 Å². The molecule has 2 N–H and O–H groups in total. The summed E-state index contributed by atoms with van der Waals surface area (Å²) < 4.78 is 0. The Kier molecular flexibility index (Phi) is 4.74. The molecule has 0 atom stereocenters. The third-order valence-electron chi connectivity index (χ3n) is 3.30. The van der Waals surface area contributed by atoms with E-state index in [0.717, 1.165) is 17.5 Å². The lowest BCUT2D eigenvalue weighted by atomic mass is 10.1. The van der Waals surface area contributed by atoms with Gasteiger partial charge < -0.3 is 10.4 Å². The van der Waals surface area contributed by atoms with Crippen LogP contribution in [-0.2, 0) is 4.79 Å². The topological polar surface area (TPSA) is 66.4 Å². The fraction of sp³-hybridized carbons (Fsp3) is 0.429. The van der Waals surface area contributed by atoms with Gasteiger partial charge in [0.2, 0.25) is 0 Å². The van der Waals surface area contributed by atoms with E-state index in [1.165, 1.54) is 43.1 Å². The van der Waals surface area contributed by atoms with E-state index in [1.807, 2.05) is 0 Å². The van der Waals surface area contributed by atoms with Crippen LogP contribution in [-0.4, -0.2) is 23.5 Å². The minimum absolute atomic E-state index is 0.0712. The van der Waals surface area contributed by atoms with Gasteiger partial charge in [0.25, 0.3) is 5.91 Å². The first-order valence-corrected chi connectivity index (χ1v) is 7.31. The first kappa shape index (κ1) is 13.8. The van der Waals surface area contributed by atoms with E-state index in [1.54, 1.807) is 11.4 Å². The van der Waals surface area contributed by atoms with Crippen molar-refractivity contribution in [2.45, 2.75) is 25.7 Å². The first-order chi connectivity index (χ1) is 9.15. The van der Waals surface area contributed by atoms with Gasteiger partial charge in [-0.25, -0.2) is 4.79 Å². The summed E-state index contributed by atoms with van der Waals surface area (Å²) in [6.07, 6.45) is 7.52. The molecule has 0 spiro atoms. The van der Waals surface area contributed by atoms with Gasteiger partial charge in [0.15, 0.2) is 0 Å². The number of carboxylic acids is 1. The van der Waals surface area contributed by atoms with Crippen LogP contribution in [0.2, 0.25) is 0 Å². The van der Waals surface area contributed by atoms with E-state index in [4.69, 9.17) is 5.11 Å². The molecule has 1 fully saturated rings. The first-order valence-electron chi connectivity index (χ1n) is 6.43. The van der Waals surface area contributed by atoms with E-state index in [2.05, 4.69) is 5.32 Å². The molecule has 1 heterocycles. The maximum atomic E-state index is 11.9. The van der Waals surface area contributed by atoms with Gasteiger partial charge in [-0.1, -0.05) is 12.8 Å². The summed E-state index contributed by atoms with van der Waals surface area (Å²) in [5.74, 6) is -0.437. The van der Waals surface area contributed by atoms with Crippen LogP contribution in [0.3, 0.4) is 0 Å². The number of nitrogens with one attached hydrogen (secondary N) is 1. The Morgan fingerprint density at radius 3 is 2.84 bits per heavy atom. The van der Waals surface area contributed by atoms with Crippen LogP contribution in [0.4, 0.5) is 0 Å². The Hall–Kier alpha value is -1.62. The number of thiophene rings is 1. The highest BCUT2D eigenvalue weighted by atomic mass is 32.1. The molecule has 1 aliphatic rings. The second-order valence-electron chi connectivity index (χ2n) is 4.77. The van der Waals surface area contributed by atoms with Crippen LogP contribution in [0, 0.1) is 5.92 Å². The van der Waals surface area contributed by atoms with Crippen molar-refractivity contribution in [3.8, 4) is 0 Å². The largest absolute Gasteiger partial charge is 0.478 e. The highest BCUT2D eigenvalue weighted by Crippen LogP contribution is 2.24. The Morgan fingerprint density at radius 2 is 2.16 bits per heavy atom. The number of hydrogen-bond acceptors (Lipinski definition) is 3. The zero-order valence-electron chi connectivity index (χ0n) is 10.6. The minimum atomic E-state index is -0.986. The molecule has 1 aromatic heterocycles. The zero-order chi connectivity index (χ0) is 13.7. The average molecular weight is 279 g/mol. The van der Waals surface area contributed by atoms with Crippen molar-refractivity contribution in [1.82, 2.24) is 5.32 Å². The van der Waals surface area contributed by atoms with Gasteiger partial charge in [-0.05, 0) is 30.9 Å². The lowest BCUT2D eigenvalue weighted by molar-refractivity contribution is -0.131. The van der Waals surface area contributed by atoms with E-state index in [0.29, 0.717) is 11.5 Å². The standard InChI is InChI=1S/C14H17NO3S/c16-13(17)6-5-12-7-11(9-19-12)14(18)15-8-10-3-1-2-4-10/h5-7,9-10H,1-4,8H2,(H,15,18)(H,16,17). The van der Waals surface area contributed by atoms with Gasteiger partial charge in [0, 0.05) is 22.9 Å². The lowest BCUT2D eigenvalue weighted by Gasteiger charge is -2.09. The third kappa shape index (κ3) is 4.21. The molecule has 0 bridgehead atoms. The van der Waals surface area contributed by atoms with Crippen molar-refractivity contribution < 1.29 is 14.7 Å². The minimum Gasteiger partial charge on any atom is -0.478 e. The highest BCUT2D eigenvalue weighted by molar-refractivity contribution is 7.11. The lowest BCUT2D eigenvalue weighted by Crippen LogP contribution is -2.27. The molecule has 0 saturated heterocycles. The number of carboxylic acid groups (broad SMARTS) is 1. The van der Waals surface area contributed by atoms with Crippen molar-refractivity contribution in [1.29, 1.82) is 0 Å². The van der Waals surface area contributed by atoms with Crippen molar-refractivity contribution in [2.24, 2.45) is 5.92 Å². The van der Waals surface area contributed by atoms with Crippen molar-refractivity contribution in [2.75, 3.05) is 6.54 Å². The van der Waals surface area contributed by atoms with E-state index in [9.17, 15) is 9.59 Å². The Morgan fingerprint density at radius 1 is 1.42 bits per heavy atom. The monoisotopic (exact) mass is 279 g/mol. The number of amides is 1. The predicted molar refractivity (Wildman–Crippen MR) is 75.3 cm³/mol. The molecule has 1 aromatic rings. The van der Waals surface area contributed by atoms with Gasteiger partial charge in [0.05, 0.1) is 5.56 Å². The van der Waals surface area contributed by atoms with Crippen molar-refractivity contribution in [3.63, 3.8) is 0 Å². The maximum absolute atomic E-state index is 11.9. The predicted octanol–water partition coefficient (Wildman–Crippen LogP) is 2.77. The highest BCUT2D eigenvalue weighted by Gasteiger charge is 2.16. The number of carbonyl (C=O) groups excluding carboxylic acids is 1. The van der Waals surface area contributed by atoms with Crippen molar-refractivity contribution in [3.05, 3.63) is 28.0 Å². The van der Waals surface area contributed by atoms with Crippen LogP contribution >= 0.6 is 11.3 Å². The fourth-order valence-corrected chi connectivity index (χ4v) is 3.05. The molecular weight excluding hydrogens is 262 g/mol. The Bertz CT molecular complexity index is 487. The summed E-state index contributed by atoms with van der Waals surface area (Å²) in [6.45, 7) is 0.745. The van der Waals surface area contributed by atoms with Crippen LogP contribution in [0.1, 0.15) is 40.9 Å². The molecule has 0 aromatic carbocycles. The average Bonchev–Trinajstić information content (AvgIpc) is 3.04. The van der Waals surface area contributed by atoms with Gasteiger partial charge in [0.1, 0.15) is 0 Å². The normalized spacial score (nSPS) is 16.0. The molecule has 0 radical (unpaired) electrons. The molecule has 102 valence electrons. The smallest absolute Gasteiger partial charge is 0.328 e. The fourth-order valence-electron chi connectivity index (χ4n) is 2.27. The van der Waals surface area contributed by atoms with E-state index >= 15 is 0 Å². The van der Waals surface area contributed by atoms with Crippen LogP contribution in [0.5, 0.6) is 0 Å². The van der Waals surface area contributed by atoms with Gasteiger partial charge in [-0.15, -0.1) is 11.3 Å². The SMILES string of the molecule is O=C(O)C=Cc1cc(C(=O)NCC2CCCC2)cs1. The molecule has 0 unspecified atom stereocenters. The maximum Gasteiger partial charge on any atom is 0.328 e. The Balaban J connectivity index is 1.86. The third-order valence-corrected chi connectivity index (χ3v) is 4.20. The summed E-state index contributed by atoms with van der Waals surface area (Å²) >= 11 is 1.37. The van der Waals surface area contributed by atoms with Gasteiger partial charge in [-0.3, -0.25) is 4.79 Å². The molecule has 1 amide bonds. The van der Waals surface area contributed by atoms with Crippen LogP contribution in [0.15, 0.2) is 17.5 Å². The molecule has 5 heteroatoms. The quantitative estimate of drug-likeness (QED) is 0.814. The molecule has 2 rings (SSSR count). The summed E-state index contributed by atoms with van der Waals surface area (Å²) in [4.78, 5) is 23.1. The van der Waals surface area contributed by atoms with Crippen molar-refractivity contribution >= 4 is 29.3 Å². The molecule has 0 aliphatic heterocycles. The van der Waals surface area contributed by atoms with Gasteiger partial charge >= 0.3 is 5.97 Å². The molecule has 19 heavy (non-hydrogen) atoms. The Labute approximate surface area is 116 Å². The van der Waals surface area contributed by atoms with Crippen LogP contribution in [0.25, 0.3) is 6.08 Å². The molecular formula is C14H17NO3S. The second-order valence-corrected chi connectivity index (χ2v) is 5.71. The van der Waals surface area contributed by atoms with E-state index in [-0.39, 0.29) is 5.91 Å². The molecule has 1 aliphatic carbocycles. The molecule has 4 nitrogen and oxygen atoms in total. The summed E-state index contributed by atoms with van der Waals surface area (Å²) in [6, 6.07) is 1.72. The zero-order valence-corrected chi connectivity index (χ0v) is 11.4. The summed E-state index contributed by atoms with van der Waals surface area (Å²) in [7, 11) is 0. The number of carbonyl (C=O) groups is 2. The molecule has 1 saturated carbocycles.